The van der Waals surface area contributed by atoms with Gasteiger partial charge in [-0.15, -0.1) is 0 Å². The van der Waals surface area contributed by atoms with Crippen molar-refractivity contribution in [3.63, 3.8) is 0 Å². The molecule has 1 N–H and O–H groups in total. The van der Waals surface area contributed by atoms with Crippen LogP contribution in [0.1, 0.15) is 53.2 Å². The van der Waals surface area contributed by atoms with E-state index in [9.17, 15) is 28.8 Å². The van der Waals surface area contributed by atoms with Crippen LogP contribution >= 0.6 is 0 Å². The summed E-state index contributed by atoms with van der Waals surface area (Å²) in [7, 11) is 0. The smallest absolute Gasteiger partial charge is 0.332 e. The zero-order valence-corrected chi connectivity index (χ0v) is 21.1. The zero-order chi connectivity index (χ0) is 27.3. The van der Waals surface area contributed by atoms with Gasteiger partial charge in [0.05, 0.1) is 0 Å². The van der Waals surface area contributed by atoms with E-state index in [-0.39, 0.29) is 5.82 Å². The number of aromatic nitrogens is 2. The van der Waals surface area contributed by atoms with E-state index in [4.69, 9.17) is 23.7 Å². The topological polar surface area (TPSA) is 173 Å². The number of rotatable bonds is 7. The van der Waals surface area contributed by atoms with Crippen molar-refractivity contribution in [3.05, 3.63) is 26.9 Å². The second-order valence-corrected chi connectivity index (χ2v) is 8.80. The van der Waals surface area contributed by atoms with Crippen LogP contribution in [0.2, 0.25) is 0 Å². The Bertz CT molecular complexity index is 1140. The quantitative estimate of drug-likeness (QED) is 0.367. The van der Waals surface area contributed by atoms with E-state index in [0.717, 1.165) is 51.5 Å². The molecular weight excluding hydrogens is 494 g/mol. The number of nitrogens with zero attached hydrogens (tertiary/aromatic N) is 2. The molecule has 2 saturated heterocycles. The molecule has 0 unspecified atom stereocenters. The van der Waals surface area contributed by atoms with Crippen molar-refractivity contribution in [1.82, 2.24) is 9.55 Å². The summed E-state index contributed by atoms with van der Waals surface area (Å²) < 4.78 is 28.6. The molecule has 2 aliphatic rings. The number of hydrogen-bond acceptors (Lipinski definition) is 12. The molecule has 1 aromatic rings. The number of nitrogens with one attached hydrogen (secondary N) is 1. The number of aromatic amines is 1. The Labute approximate surface area is 211 Å². The Morgan fingerprint density at radius 2 is 1.43 bits per heavy atom. The largest absolute Gasteiger partial charge is 0.463 e. The van der Waals surface area contributed by atoms with Crippen LogP contribution in [0.4, 0.5) is 5.82 Å². The van der Waals surface area contributed by atoms with Crippen LogP contribution < -0.4 is 16.1 Å². The van der Waals surface area contributed by atoms with Gasteiger partial charge < -0.3 is 28.6 Å². The van der Waals surface area contributed by atoms with Crippen molar-refractivity contribution in [2.45, 2.75) is 77.6 Å². The first-order valence-electron chi connectivity index (χ1n) is 11.9. The monoisotopic (exact) mass is 525 g/mol. The molecule has 0 aliphatic carbocycles. The van der Waals surface area contributed by atoms with Crippen LogP contribution in [-0.2, 0) is 42.9 Å². The average Bonchev–Trinajstić information content (AvgIpc) is 2.80. The van der Waals surface area contributed by atoms with Crippen molar-refractivity contribution in [2.75, 3.05) is 24.6 Å². The van der Waals surface area contributed by atoms with Gasteiger partial charge in [0.1, 0.15) is 18.5 Å². The number of hydrogen-bond donors (Lipinski definition) is 1. The van der Waals surface area contributed by atoms with Crippen LogP contribution in [0.15, 0.2) is 15.7 Å². The van der Waals surface area contributed by atoms with Crippen LogP contribution in [0.5, 0.6) is 0 Å². The lowest BCUT2D eigenvalue weighted by atomic mass is 9.97. The summed E-state index contributed by atoms with van der Waals surface area (Å²) in [5.74, 6) is -2.82. The first kappa shape index (κ1) is 27.9. The van der Waals surface area contributed by atoms with Crippen LogP contribution in [0.3, 0.4) is 0 Å². The summed E-state index contributed by atoms with van der Waals surface area (Å²) >= 11 is 0. The SMILES string of the molecule is CC(=O)OC[C@H]1O[C@@H](n2c(N3CCCCC3)cc(=O)[nH]c2=O)[C@H](OC(C)=O)[C@@H](OC(C)=O)[C@@H]1OC(C)=O. The maximum absolute atomic E-state index is 13.2. The first-order chi connectivity index (χ1) is 17.5. The van der Waals surface area contributed by atoms with Gasteiger partial charge in [0.25, 0.3) is 5.56 Å². The van der Waals surface area contributed by atoms with Crippen molar-refractivity contribution in [2.24, 2.45) is 0 Å². The molecular formula is C23H31N3O11. The van der Waals surface area contributed by atoms with Crippen molar-refractivity contribution >= 4 is 29.7 Å². The molecule has 3 rings (SSSR count). The zero-order valence-electron chi connectivity index (χ0n) is 21.1. The summed E-state index contributed by atoms with van der Waals surface area (Å²) in [5, 5.41) is 0. The third kappa shape index (κ3) is 6.96. The van der Waals surface area contributed by atoms with Crippen LogP contribution in [0.25, 0.3) is 0 Å². The fourth-order valence-corrected chi connectivity index (χ4v) is 4.52. The molecule has 0 spiro atoms. The lowest BCUT2D eigenvalue weighted by Crippen LogP contribution is -2.62. The van der Waals surface area contributed by atoms with Gasteiger partial charge >= 0.3 is 29.6 Å². The molecule has 5 atom stereocenters. The fourth-order valence-electron chi connectivity index (χ4n) is 4.52. The minimum absolute atomic E-state index is 0.203. The number of ether oxygens (including phenoxy) is 5. The van der Waals surface area contributed by atoms with Gasteiger partial charge in [-0.2, -0.15) is 0 Å². The van der Waals surface area contributed by atoms with Crippen LogP contribution in [-0.4, -0.2) is 77.5 Å². The Morgan fingerprint density at radius 3 is 2.00 bits per heavy atom. The predicted octanol–water partition coefficient (Wildman–Crippen LogP) is -0.217. The maximum Gasteiger partial charge on any atom is 0.332 e. The fraction of sp³-hybridized carbons (Fsp3) is 0.652. The Morgan fingerprint density at radius 1 is 0.865 bits per heavy atom. The molecule has 0 amide bonds. The molecule has 0 aromatic carbocycles. The molecule has 2 fully saturated rings. The molecule has 14 nitrogen and oxygen atoms in total. The molecule has 3 heterocycles. The van der Waals surface area contributed by atoms with Gasteiger partial charge in [-0.05, 0) is 19.3 Å². The van der Waals surface area contributed by atoms with Gasteiger partial charge in [0.2, 0.25) is 0 Å². The second-order valence-electron chi connectivity index (χ2n) is 8.80. The van der Waals surface area contributed by atoms with Gasteiger partial charge in [0, 0.05) is 46.9 Å². The average molecular weight is 526 g/mol. The number of carbonyl (C=O) groups is 4. The third-order valence-corrected chi connectivity index (χ3v) is 5.86. The summed E-state index contributed by atoms with van der Waals surface area (Å²) in [5.41, 5.74) is -1.51. The highest BCUT2D eigenvalue weighted by Gasteiger charge is 2.53. The second kappa shape index (κ2) is 12.0. The number of esters is 4. The summed E-state index contributed by atoms with van der Waals surface area (Å²) in [4.78, 5) is 77.1. The van der Waals surface area contributed by atoms with E-state index in [0.29, 0.717) is 13.1 Å². The predicted molar refractivity (Wildman–Crippen MR) is 125 cm³/mol. The standard InChI is InChI=1S/C23H31N3O11/c1-12(27)33-11-16-19(34-13(2)28)20(35-14(3)29)21(36-15(4)30)22(37-16)26-18(10-17(31)24-23(26)32)25-8-6-5-7-9-25/h10,16,19-22H,5-9,11H2,1-4H3,(H,24,31,32)/t16-,19-,20+,21-,22-/m1/s1. The van der Waals surface area contributed by atoms with Gasteiger partial charge in [-0.3, -0.25) is 29.0 Å². The van der Waals surface area contributed by atoms with E-state index >= 15 is 0 Å². The molecule has 1 aromatic heterocycles. The Kier molecular flexibility index (Phi) is 9.08. The summed E-state index contributed by atoms with van der Waals surface area (Å²) in [6, 6.07) is 1.22. The minimum atomic E-state index is -1.48. The maximum atomic E-state index is 13.2. The minimum Gasteiger partial charge on any atom is -0.463 e. The number of anilines is 1. The third-order valence-electron chi connectivity index (χ3n) is 5.86. The number of piperidine rings is 1. The van der Waals surface area contributed by atoms with E-state index in [1.807, 2.05) is 4.90 Å². The van der Waals surface area contributed by atoms with E-state index < -0.39 is 72.4 Å². The van der Waals surface area contributed by atoms with Gasteiger partial charge in [-0.25, -0.2) is 9.36 Å². The Balaban J connectivity index is 2.20. The molecule has 0 radical (unpaired) electrons. The molecule has 14 heteroatoms. The normalized spacial score (nSPS) is 25.6. The number of H-pyrrole nitrogens is 1. The lowest BCUT2D eigenvalue weighted by Gasteiger charge is -2.45. The highest BCUT2D eigenvalue weighted by Crippen LogP contribution is 2.36. The molecule has 204 valence electrons. The molecule has 0 bridgehead atoms. The van der Waals surface area contributed by atoms with Crippen LogP contribution in [0, 0.1) is 0 Å². The van der Waals surface area contributed by atoms with E-state index in [1.165, 1.54) is 6.07 Å². The summed E-state index contributed by atoms with van der Waals surface area (Å²) in [6.45, 7) is 5.14. The van der Waals surface area contributed by atoms with E-state index in [2.05, 4.69) is 4.98 Å². The molecule has 2 aliphatic heterocycles. The van der Waals surface area contributed by atoms with Crippen molar-refractivity contribution < 1.29 is 42.9 Å². The Hall–Kier alpha value is -3.68. The van der Waals surface area contributed by atoms with Gasteiger partial charge in [-0.1, -0.05) is 0 Å². The highest BCUT2D eigenvalue weighted by atomic mass is 16.7. The molecule has 37 heavy (non-hydrogen) atoms. The van der Waals surface area contributed by atoms with E-state index in [1.54, 1.807) is 0 Å². The summed E-state index contributed by atoms with van der Waals surface area (Å²) in [6.07, 6.45) is -4.37. The van der Waals surface area contributed by atoms with Crippen molar-refractivity contribution in [1.29, 1.82) is 0 Å². The molecule has 0 saturated carbocycles. The first-order valence-corrected chi connectivity index (χ1v) is 11.9. The highest BCUT2D eigenvalue weighted by molar-refractivity contribution is 5.68. The van der Waals surface area contributed by atoms with Crippen molar-refractivity contribution in [3.8, 4) is 0 Å². The lowest BCUT2D eigenvalue weighted by molar-refractivity contribution is -0.268. The van der Waals surface area contributed by atoms with Gasteiger partial charge in [0.15, 0.2) is 24.5 Å². The number of carbonyl (C=O) groups excluding carboxylic acids is 4.